The van der Waals surface area contributed by atoms with E-state index < -0.39 is 0 Å². The van der Waals surface area contributed by atoms with E-state index in [2.05, 4.69) is 32.1 Å². The van der Waals surface area contributed by atoms with E-state index in [1.807, 2.05) is 0 Å². The van der Waals surface area contributed by atoms with Gasteiger partial charge in [-0.2, -0.15) is 0 Å². The molecule has 0 amide bonds. The molecule has 0 unspecified atom stereocenters. The minimum absolute atomic E-state index is 0.483. The van der Waals surface area contributed by atoms with Crippen molar-refractivity contribution in [2.24, 2.45) is 11.1 Å². The average Bonchev–Trinajstić information content (AvgIpc) is 2.94. The Balaban J connectivity index is 2.04. The van der Waals surface area contributed by atoms with Crippen LogP contribution in [0.5, 0.6) is 0 Å². The van der Waals surface area contributed by atoms with Gasteiger partial charge in [0.05, 0.1) is 0 Å². The van der Waals surface area contributed by atoms with Crippen LogP contribution in [0.25, 0.3) is 5.57 Å². The van der Waals surface area contributed by atoms with Crippen LogP contribution < -0.4 is 5.73 Å². The number of rotatable bonds is 2. The summed E-state index contributed by atoms with van der Waals surface area (Å²) in [5, 5.41) is 0. The normalized spacial score (nSPS) is 21.9. The Kier molecular flexibility index (Phi) is 3.34. The van der Waals surface area contributed by atoms with Gasteiger partial charge in [0, 0.05) is 16.3 Å². The molecule has 19 heavy (non-hydrogen) atoms. The molecule has 2 N–H and O–H groups in total. The first-order valence-corrected chi connectivity index (χ1v) is 8.36. The second-order valence-corrected chi connectivity index (χ2v) is 8.04. The van der Waals surface area contributed by atoms with E-state index in [1.54, 1.807) is 26.5 Å². The number of fused-ring (bicyclic) bond motifs is 1. The lowest BCUT2D eigenvalue weighted by Gasteiger charge is -2.29. The van der Waals surface area contributed by atoms with Crippen LogP contribution in [0.1, 0.15) is 60.4 Å². The molecule has 0 atom stereocenters. The summed E-state index contributed by atoms with van der Waals surface area (Å²) in [4.78, 5) is 3.23. The minimum atomic E-state index is 0.483. The van der Waals surface area contributed by atoms with E-state index in [0.29, 0.717) is 5.41 Å². The van der Waals surface area contributed by atoms with Gasteiger partial charge in [0.25, 0.3) is 0 Å². The third kappa shape index (κ3) is 2.30. The summed E-state index contributed by atoms with van der Waals surface area (Å²) < 4.78 is 0. The Morgan fingerprint density at radius 1 is 1.21 bits per heavy atom. The maximum Gasteiger partial charge on any atom is 0.0337 e. The first-order valence-electron chi connectivity index (χ1n) is 7.54. The Hall–Kier alpha value is -0.600. The predicted octanol–water partition coefficient (Wildman–Crippen LogP) is 4.47. The molecule has 0 radical (unpaired) electrons. The van der Waals surface area contributed by atoms with Gasteiger partial charge in [0.1, 0.15) is 0 Å². The molecule has 104 valence electrons. The number of hydrogen-bond donors (Lipinski definition) is 1. The van der Waals surface area contributed by atoms with E-state index in [1.165, 1.54) is 44.1 Å². The van der Waals surface area contributed by atoms with Crippen LogP contribution in [0, 0.1) is 12.3 Å². The first-order chi connectivity index (χ1) is 9.02. The molecule has 0 aliphatic heterocycles. The molecule has 0 bridgehead atoms. The second kappa shape index (κ2) is 4.75. The molecule has 2 heteroatoms. The zero-order chi connectivity index (χ0) is 13.6. The summed E-state index contributed by atoms with van der Waals surface area (Å²) in [6.07, 6.45) is 7.64. The smallest absolute Gasteiger partial charge is 0.0337 e. The Morgan fingerprint density at radius 3 is 2.74 bits per heavy atom. The molecule has 1 heterocycles. The van der Waals surface area contributed by atoms with Crippen LogP contribution in [0.15, 0.2) is 5.57 Å². The topological polar surface area (TPSA) is 26.0 Å². The van der Waals surface area contributed by atoms with E-state index in [-0.39, 0.29) is 0 Å². The predicted molar refractivity (Wildman–Crippen MR) is 84.7 cm³/mol. The van der Waals surface area contributed by atoms with Crippen molar-refractivity contribution in [3.63, 3.8) is 0 Å². The van der Waals surface area contributed by atoms with Gasteiger partial charge in [-0.15, -0.1) is 11.3 Å². The van der Waals surface area contributed by atoms with Crippen LogP contribution in [0.4, 0.5) is 0 Å². The molecule has 0 spiro atoms. The van der Waals surface area contributed by atoms with Crippen molar-refractivity contribution in [3.05, 3.63) is 26.5 Å². The number of thiophene rings is 1. The van der Waals surface area contributed by atoms with Crippen molar-refractivity contribution in [1.29, 1.82) is 0 Å². The van der Waals surface area contributed by atoms with Crippen LogP contribution in [-0.2, 0) is 12.8 Å². The van der Waals surface area contributed by atoms with Crippen LogP contribution in [0.2, 0.25) is 0 Å². The molecule has 2 aliphatic rings. The van der Waals surface area contributed by atoms with Gasteiger partial charge in [-0.25, -0.2) is 0 Å². The van der Waals surface area contributed by atoms with Gasteiger partial charge in [0.2, 0.25) is 0 Å². The Bertz CT molecular complexity index is 534. The van der Waals surface area contributed by atoms with Crippen molar-refractivity contribution in [2.45, 2.75) is 59.3 Å². The highest BCUT2D eigenvalue weighted by Crippen LogP contribution is 2.46. The molecular weight excluding hydrogens is 250 g/mol. The average molecular weight is 275 g/mol. The van der Waals surface area contributed by atoms with Gasteiger partial charge in [0.15, 0.2) is 0 Å². The zero-order valence-corrected chi connectivity index (χ0v) is 13.3. The van der Waals surface area contributed by atoms with Crippen LogP contribution in [-0.4, -0.2) is 6.54 Å². The molecule has 1 aromatic heterocycles. The highest BCUT2D eigenvalue weighted by molar-refractivity contribution is 7.13. The molecule has 0 fully saturated rings. The lowest BCUT2D eigenvalue weighted by molar-refractivity contribution is 0.317. The summed E-state index contributed by atoms with van der Waals surface area (Å²) in [5.74, 6) is 0. The number of nitrogens with two attached hydrogens (primary N) is 1. The zero-order valence-electron chi connectivity index (χ0n) is 12.4. The fourth-order valence-corrected chi connectivity index (χ4v) is 5.10. The highest BCUT2D eigenvalue weighted by atomic mass is 32.1. The Labute approximate surface area is 120 Å². The summed E-state index contributed by atoms with van der Waals surface area (Å²) in [5.41, 5.74) is 12.7. The second-order valence-electron chi connectivity index (χ2n) is 6.94. The molecule has 3 rings (SSSR count). The maximum absolute atomic E-state index is 5.92. The maximum atomic E-state index is 5.92. The van der Waals surface area contributed by atoms with E-state index >= 15 is 0 Å². The largest absolute Gasteiger partial charge is 0.327 e. The minimum Gasteiger partial charge on any atom is -0.327 e. The van der Waals surface area contributed by atoms with Crippen LogP contribution >= 0.6 is 11.3 Å². The summed E-state index contributed by atoms with van der Waals surface area (Å²) in [7, 11) is 0. The summed E-state index contributed by atoms with van der Waals surface area (Å²) >= 11 is 2.07. The SMILES string of the molecule is Cc1c(C2=C(CN)CCC2)sc2c1CC(C)(C)CC2. The van der Waals surface area contributed by atoms with E-state index in [4.69, 9.17) is 5.73 Å². The molecule has 0 aromatic carbocycles. The summed E-state index contributed by atoms with van der Waals surface area (Å²) in [6, 6.07) is 0. The van der Waals surface area contributed by atoms with Gasteiger partial charge < -0.3 is 5.73 Å². The lowest BCUT2D eigenvalue weighted by atomic mass is 9.76. The quantitative estimate of drug-likeness (QED) is 0.847. The van der Waals surface area contributed by atoms with Gasteiger partial charge in [-0.05, 0) is 67.6 Å². The standard InChI is InChI=1S/C17H25NS/c1-11-14-9-17(2,3)8-7-15(14)19-16(11)13-6-4-5-12(13)10-18/h4-10,18H2,1-3H3. The third-order valence-corrected chi connectivity index (χ3v) is 6.35. The number of hydrogen-bond acceptors (Lipinski definition) is 2. The molecular formula is C17H25NS. The first kappa shape index (κ1) is 13.4. The van der Waals surface area contributed by atoms with Crippen molar-refractivity contribution >= 4 is 16.9 Å². The fourth-order valence-electron chi connectivity index (χ4n) is 3.65. The molecule has 2 aliphatic carbocycles. The van der Waals surface area contributed by atoms with E-state index in [0.717, 1.165) is 6.54 Å². The van der Waals surface area contributed by atoms with Gasteiger partial charge in [-0.1, -0.05) is 19.4 Å². The van der Waals surface area contributed by atoms with Gasteiger partial charge >= 0.3 is 0 Å². The summed E-state index contributed by atoms with van der Waals surface area (Å²) in [6.45, 7) is 7.91. The molecule has 1 aromatic rings. The monoisotopic (exact) mass is 275 g/mol. The van der Waals surface area contributed by atoms with Gasteiger partial charge in [-0.3, -0.25) is 0 Å². The van der Waals surface area contributed by atoms with Crippen LogP contribution in [0.3, 0.4) is 0 Å². The molecule has 0 saturated heterocycles. The Morgan fingerprint density at radius 2 is 2.00 bits per heavy atom. The van der Waals surface area contributed by atoms with Crippen molar-refractivity contribution in [2.75, 3.05) is 6.54 Å². The van der Waals surface area contributed by atoms with Crippen molar-refractivity contribution in [1.82, 2.24) is 0 Å². The third-order valence-electron chi connectivity index (χ3n) is 4.89. The lowest BCUT2D eigenvalue weighted by Crippen LogP contribution is -2.21. The fraction of sp³-hybridized carbons (Fsp3) is 0.647. The number of aryl methyl sites for hydroxylation is 1. The van der Waals surface area contributed by atoms with Crippen molar-refractivity contribution < 1.29 is 0 Å². The molecule has 1 nitrogen and oxygen atoms in total. The highest BCUT2D eigenvalue weighted by Gasteiger charge is 2.30. The molecule has 0 saturated carbocycles. The van der Waals surface area contributed by atoms with Crippen molar-refractivity contribution in [3.8, 4) is 0 Å². The van der Waals surface area contributed by atoms with E-state index in [9.17, 15) is 0 Å². The number of allylic oxidation sites excluding steroid dienone is 1.